The van der Waals surface area contributed by atoms with Crippen LogP contribution in [0.25, 0.3) is 0 Å². The highest BCUT2D eigenvalue weighted by Crippen LogP contribution is 1.85. The van der Waals surface area contributed by atoms with E-state index in [1.807, 2.05) is 19.1 Å². The van der Waals surface area contributed by atoms with Crippen LogP contribution < -0.4 is 5.32 Å². The molecular formula is C8H15N. The number of hydrogen-bond acceptors (Lipinski definition) is 1. The second kappa shape index (κ2) is 5.42. The topological polar surface area (TPSA) is 12.0 Å². The maximum absolute atomic E-state index is 3.78. The van der Waals surface area contributed by atoms with Crippen molar-refractivity contribution < 1.29 is 0 Å². The van der Waals surface area contributed by atoms with Gasteiger partial charge in [0.1, 0.15) is 0 Å². The Kier molecular flexibility index (Phi) is 4.98. The van der Waals surface area contributed by atoms with Crippen molar-refractivity contribution in [1.82, 2.24) is 5.32 Å². The van der Waals surface area contributed by atoms with Crippen molar-refractivity contribution in [1.29, 1.82) is 0 Å². The van der Waals surface area contributed by atoms with Gasteiger partial charge < -0.3 is 5.32 Å². The van der Waals surface area contributed by atoms with E-state index >= 15 is 0 Å². The molecule has 1 N–H and O–H groups in total. The van der Waals surface area contributed by atoms with E-state index < -0.39 is 0 Å². The van der Waals surface area contributed by atoms with Crippen LogP contribution in [-0.2, 0) is 0 Å². The number of hydrogen-bond donors (Lipinski definition) is 1. The van der Waals surface area contributed by atoms with E-state index in [9.17, 15) is 0 Å². The van der Waals surface area contributed by atoms with Crippen molar-refractivity contribution >= 4 is 0 Å². The van der Waals surface area contributed by atoms with Crippen LogP contribution in [0.5, 0.6) is 0 Å². The predicted molar refractivity (Wildman–Crippen MR) is 42.2 cm³/mol. The number of nitrogens with one attached hydrogen (secondary N) is 1. The molecular weight excluding hydrogens is 110 g/mol. The van der Waals surface area contributed by atoms with Gasteiger partial charge in [0.2, 0.25) is 0 Å². The highest BCUT2D eigenvalue weighted by Gasteiger charge is 1.81. The molecule has 0 heterocycles. The molecule has 0 radical (unpaired) electrons. The first-order valence-corrected chi connectivity index (χ1v) is 3.36. The van der Waals surface area contributed by atoms with Crippen molar-refractivity contribution in [2.45, 2.75) is 20.3 Å². The van der Waals surface area contributed by atoms with Crippen molar-refractivity contribution in [3.63, 3.8) is 0 Å². The Labute approximate surface area is 57.5 Å². The number of allylic oxidation sites excluding steroid dienone is 2. The van der Waals surface area contributed by atoms with Crippen molar-refractivity contribution in [2.75, 3.05) is 6.54 Å². The highest BCUT2D eigenvalue weighted by atomic mass is 14.9. The maximum atomic E-state index is 3.78. The molecule has 52 valence electrons. The molecule has 0 rings (SSSR count). The van der Waals surface area contributed by atoms with E-state index in [2.05, 4.69) is 18.8 Å². The smallest absolute Gasteiger partial charge is 0.0263 e. The van der Waals surface area contributed by atoms with Crippen molar-refractivity contribution in [3.05, 3.63) is 24.4 Å². The van der Waals surface area contributed by atoms with E-state index in [0.29, 0.717) is 0 Å². The lowest BCUT2D eigenvalue weighted by atomic mass is 10.4. The molecule has 0 aliphatic heterocycles. The van der Waals surface area contributed by atoms with E-state index in [-0.39, 0.29) is 0 Å². The lowest BCUT2D eigenvalue weighted by molar-refractivity contribution is 0.787. The molecule has 1 heteroatoms. The zero-order valence-corrected chi connectivity index (χ0v) is 6.28. The summed E-state index contributed by atoms with van der Waals surface area (Å²) in [5.41, 5.74) is 0.999. The monoisotopic (exact) mass is 125 g/mol. The molecule has 0 unspecified atom stereocenters. The third kappa shape index (κ3) is 5.15. The molecule has 0 aromatic rings. The third-order valence-corrected chi connectivity index (χ3v) is 0.970. The van der Waals surface area contributed by atoms with Gasteiger partial charge >= 0.3 is 0 Å². The first-order valence-electron chi connectivity index (χ1n) is 3.36. The van der Waals surface area contributed by atoms with Crippen molar-refractivity contribution in [3.8, 4) is 0 Å². The van der Waals surface area contributed by atoms with Gasteiger partial charge in [-0.25, -0.2) is 0 Å². The normalized spacial score (nSPS) is 10.0. The first kappa shape index (κ1) is 8.28. The van der Waals surface area contributed by atoms with Crippen LogP contribution in [0.3, 0.4) is 0 Å². The summed E-state index contributed by atoms with van der Waals surface area (Å²) in [6.45, 7) is 8.92. The van der Waals surface area contributed by atoms with Gasteiger partial charge in [-0.2, -0.15) is 0 Å². The molecule has 0 aliphatic rings. The summed E-state index contributed by atoms with van der Waals surface area (Å²) in [7, 11) is 0. The zero-order chi connectivity index (χ0) is 7.11. The van der Waals surface area contributed by atoms with Gasteiger partial charge in [-0.15, -0.1) is 0 Å². The molecule has 0 spiro atoms. The van der Waals surface area contributed by atoms with Gasteiger partial charge in [-0.05, 0) is 19.4 Å². The lowest BCUT2D eigenvalue weighted by Gasteiger charge is -2.00. The molecule has 0 bridgehead atoms. The summed E-state index contributed by atoms with van der Waals surface area (Å²) in [4.78, 5) is 0. The third-order valence-electron chi connectivity index (χ3n) is 0.970. The van der Waals surface area contributed by atoms with Gasteiger partial charge in [-0.3, -0.25) is 0 Å². The molecule has 0 saturated heterocycles. The Morgan fingerprint density at radius 2 is 2.33 bits per heavy atom. The molecule has 9 heavy (non-hydrogen) atoms. The predicted octanol–water partition coefficient (Wildman–Crippen LogP) is 2.08. The van der Waals surface area contributed by atoms with Crippen molar-refractivity contribution in [2.24, 2.45) is 0 Å². The van der Waals surface area contributed by atoms with Crippen LogP contribution in [0.1, 0.15) is 20.3 Å². The average Bonchev–Trinajstić information content (AvgIpc) is 1.85. The Morgan fingerprint density at radius 1 is 1.67 bits per heavy atom. The van der Waals surface area contributed by atoms with Gasteiger partial charge in [-0.1, -0.05) is 19.6 Å². The van der Waals surface area contributed by atoms with E-state index in [4.69, 9.17) is 0 Å². The van der Waals surface area contributed by atoms with Crippen LogP contribution >= 0.6 is 0 Å². The lowest BCUT2D eigenvalue weighted by Crippen LogP contribution is -2.10. The van der Waals surface area contributed by atoms with Gasteiger partial charge in [0.25, 0.3) is 0 Å². The van der Waals surface area contributed by atoms with Crippen LogP contribution in [0.15, 0.2) is 24.4 Å². The van der Waals surface area contributed by atoms with Crippen LogP contribution in [0.2, 0.25) is 0 Å². The molecule has 1 nitrogen and oxygen atoms in total. The summed E-state index contributed by atoms with van der Waals surface area (Å²) in [5, 5.41) is 3.15. The Bertz CT molecular complexity index is 103. The fourth-order valence-electron chi connectivity index (χ4n) is 0.546. The molecule has 0 aliphatic carbocycles. The van der Waals surface area contributed by atoms with E-state index in [1.165, 1.54) is 0 Å². The summed E-state index contributed by atoms with van der Waals surface area (Å²) < 4.78 is 0. The second-order valence-corrected chi connectivity index (χ2v) is 1.95. The fraction of sp³-hybridized carbons (Fsp3) is 0.500. The number of rotatable bonds is 4. The van der Waals surface area contributed by atoms with Crippen LogP contribution in [0, 0.1) is 0 Å². The summed E-state index contributed by atoms with van der Waals surface area (Å²) >= 11 is 0. The highest BCUT2D eigenvalue weighted by molar-refractivity contribution is 5.10. The van der Waals surface area contributed by atoms with Crippen LogP contribution in [0.4, 0.5) is 0 Å². The quantitative estimate of drug-likeness (QED) is 0.567. The summed E-state index contributed by atoms with van der Waals surface area (Å²) in [6.07, 6.45) is 5.09. The van der Waals surface area contributed by atoms with Gasteiger partial charge in [0.05, 0.1) is 0 Å². The Morgan fingerprint density at radius 3 is 2.78 bits per heavy atom. The van der Waals surface area contributed by atoms with Crippen LogP contribution in [-0.4, -0.2) is 6.54 Å². The molecule has 0 atom stereocenters. The molecule has 0 aromatic heterocycles. The first-order chi connectivity index (χ1) is 4.31. The standard InChI is InChI=1S/C8H15N/c1-4-6-8(3)9-7-5-2/h4,6,9H,3,5,7H2,1-2H3/b6-4-. The molecule has 0 saturated carbocycles. The SMILES string of the molecule is C=C(/C=C\C)NCCC. The van der Waals surface area contributed by atoms with Gasteiger partial charge in [0.15, 0.2) is 0 Å². The minimum Gasteiger partial charge on any atom is -0.386 e. The zero-order valence-electron chi connectivity index (χ0n) is 6.28. The molecule has 0 aromatic carbocycles. The molecule has 0 fully saturated rings. The second-order valence-electron chi connectivity index (χ2n) is 1.95. The summed E-state index contributed by atoms with van der Waals surface area (Å²) in [5.74, 6) is 0. The Hall–Kier alpha value is -0.720. The fourth-order valence-corrected chi connectivity index (χ4v) is 0.546. The molecule has 0 amide bonds. The van der Waals surface area contributed by atoms with E-state index in [0.717, 1.165) is 18.7 Å². The van der Waals surface area contributed by atoms with Gasteiger partial charge in [0, 0.05) is 12.2 Å². The minimum atomic E-state index is 0.999. The van der Waals surface area contributed by atoms with E-state index in [1.54, 1.807) is 0 Å². The average molecular weight is 125 g/mol. The largest absolute Gasteiger partial charge is 0.386 e. The minimum absolute atomic E-state index is 0.999. The maximum Gasteiger partial charge on any atom is 0.0263 e. The Balaban J connectivity index is 3.27. The summed E-state index contributed by atoms with van der Waals surface area (Å²) in [6, 6.07) is 0.